The number of rotatable bonds is 11. The Morgan fingerprint density at radius 3 is 0.992 bits per heavy atom. The highest BCUT2D eigenvalue weighted by Gasteiger charge is 2.54. The van der Waals surface area contributed by atoms with Crippen LogP contribution >= 0.6 is 0 Å². The predicted octanol–water partition coefficient (Wildman–Crippen LogP) is 27.2. The molecule has 2 unspecified atom stereocenters. The number of para-hydroxylation sites is 4. The first-order valence-electron chi connectivity index (χ1n) is 41.2. The molecule has 4 aliphatic rings. The van der Waals surface area contributed by atoms with Gasteiger partial charge in [-0.3, -0.25) is 0 Å². The van der Waals surface area contributed by atoms with E-state index in [0.717, 1.165) is 184 Å². The standard InChI is InChI=1S/C59H36N4O.C55H32N4O/c60-37-38-34-44(40-18-6-2-7-19-40)36-45(35-38)46-23-14-27-51-54(46)47-22-10-11-25-49(47)59(51)50-26-12-13-29-53(50)64-55-48(24-15-28-52(55)59)58-62-56(42-20-8-3-9-21-42)61-57(63-58)43-32-30-41(31-33-43)39-16-4-1-5-17-39;56-33-35-25-27-37(28-26-35)40-29-36(34-57)30-41(31-40)42-18-11-22-47-52(42)43-17-7-8-20-45(43)55(47)46-21-9-10-24-51(46)60-53-44(19-12-23-48(53)55)50-32-49(38-13-3-1-4-14-38)58-54(59-50)39-15-5-2-6-16-39/h1-36H;1-32H. The molecule has 0 bridgehead atoms. The van der Waals surface area contributed by atoms with Gasteiger partial charge in [0, 0.05) is 50.1 Å². The molecule has 23 rings (SSSR count). The molecule has 0 amide bonds. The second-order valence-corrected chi connectivity index (χ2v) is 31.3. The van der Waals surface area contributed by atoms with E-state index in [0.29, 0.717) is 45.7 Å². The fourth-order valence-corrected chi connectivity index (χ4v) is 19.0. The van der Waals surface area contributed by atoms with Gasteiger partial charge < -0.3 is 9.47 Å². The van der Waals surface area contributed by atoms with Crippen LogP contribution in [0.2, 0.25) is 0 Å². The van der Waals surface area contributed by atoms with Crippen molar-refractivity contribution in [3.63, 3.8) is 0 Å². The minimum Gasteiger partial charge on any atom is -0.456 e. The average molecular weight is 1580 g/mol. The molecule has 576 valence electrons. The van der Waals surface area contributed by atoms with Crippen molar-refractivity contribution in [3.8, 4) is 187 Å². The molecule has 2 aromatic heterocycles. The summed E-state index contributed by atoms with van der Waals surface area (Å²) in [5.74, 6) is 5.29. The molecule has 0 saturated heterocycles. The van der Waals surface area contributed by atoms with Crippen LogP contribution in [0, 0.1) is 34.0 Å². The third-order valence-corrected chi connectivity index (χ3v) is 24.4. The van der Waals surface area contributed by atoms with Gasteiger partial charge in [0.15, 0.2) is 23.3 Å². The number of nitriles is 3. The lowest BCUT2D eigenvalue weighted by Crippen LogP contribution is -2.32. The number of ether oxygens (including phenoxy) is 2. The third kappa shape index (κ3) is 12.2. The molecule has 10 heteroatoms. The van der Waals surface area contributed by atoms with Crippen LogP contribution in [-0.4, -0.2) is 24.9 Å². The van der Waals surface area contributed by atoms with E-state index in [-0.39, 0.29) is 0 Å². The molecule has 0 fully saturated rings. The number of benzene rings is 17. The van der Waals surface area contributed by atoms with Crippen LogP contribution < -0.4 is 9.47 Å². The fraction of sp³-hybridized carbons (Fsp3) is 0.0175. The number of fused-ring (bicyclic) bond motifs is 18. The van der Waals surface area contributed by atoms with Crippen molar-refractivity contribution in [3.05, 3.63) is 474 Å². The molecule has 19 aromatic rings. The zero-order valence-corrected chi connectivity index (χ0v) is 66.7. The maximum atomic E-state index is 10.3. The van der Waals surface area contributed by atoms with Gasteiger partial charge in [0.05, 0.1) is 62.7 Å². The lowest BCUT2D eigenvalue weighted by molar-refractivity contribution is 0.437. The van der Waals surface area contributed by atoms with E-state index in [1.165, 1.54) is 0 Å². The fourth-order valence-electron chi connectivity index (χ4n) is 19.0. The molecule has 4 heterocycles. The van der Waals surface area contributed by atoms with Crippen molar-refractivity contribution in [1.82, 2.24) is 24.9 Å². The van der Waals surface area contributed by atoms with Crippen LogP contribution in [0.1, 0.15) is 61.2 Å². The van der Waals surface area contributed by atoms with Crippen molar-refractivity contribution in [2.45, 2.75) is 10.8 Å². The Labute approximate surface area is 717 Å². The third-order valence-electron chi connectivity index (χ3n) is 24.4. The summed E-state index contributed by atoms with van der Waals surface area (Å²) in [6.45, 7) is 0. The minimum absolute atomic E-state index is 0.518. The number of nitrogens with zero attached hydrogens (tertiary/aromatic N) is 8. The maximum absolute atomic E-state index is 10.3. The Balaban J connectivity index is 0.000000148. The SMILES string of the molecule is N#Cc1cc(-c2ccccc2)cc(-c2cccc3c2-c2ccccc2C32c3ccccc3Oc3c(-c4nc(-c5ccccc5)nc(-c5ccc(-c6ccccc6)cc5)n4)cccc32)c1.N#Cc1ccc(-c2cc(C#N)cc(-c3cccc4c3-c3ccccc3C43c4ccccc4Oc4c(-c5cc(-c6ccccc6)nc(-c6ccccc6)n5)cccc43)c2)cc1. The summed E-state index contributed by atoms with van der Waals surface area (Å²) in [6, 6.07) is 148. The Kier molecular flexibility index (Phi) is 17.9. The van der Waals surface area contributed by atoms with Gasteiger partial charge in [0.1, 0.15) is 23.0 Å². The summed E-state index contributed by atoms with van der Waals surface area (Å²) in [5.41, 5.74) is 30.6. The van der Waals surface area contributed by atoms with Gasteiger partial charge in [-0.2, -0.15) is 15.8 Å². The van der Waals surface area contributed by atoms with Crippen LogP contribution in [0.4, 0.5) is 0 Å². The summed E-state index contributed by atoms with van der Waals surface area (Å²) in [4.78, 5) is 25.8. The Morgan fingerprint density at radius 1 is 0.194 bits per heavy atom. The normalized spacial score (nSPS) is 14.1. The van der Waals surface area contributed by atoms with Gasteiger partial charge in [-0.25, -0.2) is 24.9 Å². The van der Waals surface area contributed by atoms with Crippen LogP contribution in [0.15, 0.2) is 413 Å². The van der Waals surface area contributed by atoms with Crippen molar-refractivity contribution >= 4 is 0 Å². The van der Waals surface area contributed by atoms with Crippen LogP contribution in [0.3, 0.4) is 0 Å². The first-order valence-corrected chi connectivity index (χ1v) is 41.2. The van der Waals surface area contributed by atoms with Gasteiger partial charge >= 0.3 is 0 Å². The summed E-state index contributed by atoms with van der Waals surface area (Å²) in [5, 5.41) is 30.1. The number of aromatic nitrogens is 5. The summed E-state index contributed by atoms with van der Waals surface area (Å²) >= 11 is 0. The average Bonchev–Trinajstić information content (AvgIpc) is 1.56. The van der Waals surface area contributed by atoms with Gasteiger partial charge in [-0.15, -0.1) is 0 Å². The highest BCUT2D eigenvalue weighted by molar-refractivity contribution is 6.00. The van der Waals surface area contributed by atoms with E-state index in [1.807, 2.05) is 164 Å². The number of hydrogen-bond acceptors (Lipinski definition) is 10. The van der Waals surface area contributed by atoms with Gasteiger partial charge in [0.25, 0.3) is 0 Å². The Bertz CT molecular complexity index is 7570. The van der Waals surface area contributed by atoms with Crippen molar-refractivity contribution < 1.29 is 9.47 Å². The number of hydrogen-bond donors (Lipinski definition) is 0. The van der Waals surface area contributed by atoms with Gasteiger partial charge in [-0.1, -0.05) is 334 Å². The molecule has 2 spiro atoms. The summed E-state index contributed by atoms with van der Waals surface area (Å²) < 4.78 is 14.2. The van der Waals surface area contributed by atoms with E-state index in [2.05, 4.69) is 267 Å². The molecule has 2 aliphatic heterocycles. The lowest BCUT2D eigenvalue weighted by Gasteiger charge is -2.40. The summed E-state index contributed by atoms with van der Waals surface area (Å²) in [7, 11) is 0. The van der Waals surface area contributed by atoms with Gasteiger partial charge in [0.2, 0.25) is 0 Å². The topological polar surface area (TPSA) is 154 Å². The summed E-state index contributed by atoms with van der Waals surface area (Å²) in [6.07, 6.45) is 0. The lowest BCUT2D eigenvalue weighted by atomic mass is 9.65. The molecule has 2 aliphatic carbocycles. The highest BCUT2D eigenvalue weighted by atomic mass is 16.5. The van der Waals surface area contributed by atoms with E-state index in [9.17, 15) is 15.8 Å². The molecule has 124 heavy (non-hydrogen) atoms. The molecule has 0 saturated carbocycles. The molecule has 2 atom stereocenters. The van der Waals surface area contributed by atoms with Crippen LogP contribution in [-0.2, 0) is 10.8 Å². The first kappa shape index (κ1) is 73.3. The van der Waals surface area contributed by atoms with Crippen molar-refractivity contribution in [2.24, 2.45) is 0 Å². The zero-order valence-electron chi connectivity index (χ0n) is 66.7. The minimum atomic E-state index is -0.761. The van der Waals surface area contributed by atoms with Crippen LogP contribution in [0.25, 0.3) is 146 Å². The Morgan fingerprint density at radius 2 is 0.508 bits per heavy atom. The van der Waals surface area contributed by atoms with Crippen molar-refractivity contribution in [2.75, 3.05) is 0 Å². The monoisotopic (exact) mass is 1580 g/mol. The van der Waals surface area contributed by atoms with Crippen LogP contribution in [0.5, 0.6) is 23.0 Å². The predicted molar refractivity (Wildman–Crippen MR) is 491 cm³/mol. The molecule has 10 nitrogen and oxygen atoms in total. The highest BCUT2D eigenvalue weighted by Crippen LogP contribution is 2.67. The quantitative estimate of drug-likeness (QED) is 0.122. The Hall–Kier alpha value is -17.1. The maximum Gasteiger partial charge on any atom is 0.167 e. The van der Waals surface area contributed by atoms with Gasteiger partial charge in [-0.05, 0) is 179 Å². The second kappa shape index (κ2) is 30.4. The van der Waals surface area contributed by atoms with Crippen molar-refractivity contribution in [1.29, 1.82) is 15.8 Å². The van der Waals surface area contributed by atoms with E-state index >= 15 is 0 Å². The molecular formula is C114H68N8O2. The molecule has 0 N–H and O–H groups in total. The smallest absolute Gasteiger partial charge is 0.167 e. The zero-order chi connectivity index (χ0) is 82.8. The molecule has 17 aromatic carbocycles. The van der Waals surface area contributed by atoms with E-state index in [4.69, 9.17) is 34.4 Å². The largest absolute Gasteiger partial charge is 0.456 e. The molecular weight excluding hydrogens is 1510 g/mol. The molecule has 0 radical (unpaired) electrons. The first-order chi connectivity index (χ1) is 61.3. The second-order valence-electron chi connectivity index (χ2n) is 31.3. The van der Waals surface area contributed by atoms with E-state index < -0.39 is 10.8 Å². The van der Waals surface area contributed by atoms with E-state index in [1.54, 1.807) is 0 Å².